The van der Waals surface area contributed by atoms with Gasteiger partial charge in [-0.2, -0.15) is 0 Å². The number of rotatable bonds is 14. The lowest BCUT2D eigenvalue weighted by Gasteiger charge is -2.25. The van der Waals surface area contributed by atoms with Crippen molar-refractivity contribution in [3.63, 3.8) is 0 Å². The lowest BCUT2D eigenvalue weighted by molar-refractivity contribution is -0.117. The lowest BCUT2D eigenvalue weighted by atomic mass is 10.1. The zero-order valence-electron chi connectivity index (χ0n) is 13.3. The van der Waals surface area contributed by atoms with Crippen LogP contribution in [0.4, 0.5) is 0 Å². The Labute approximate surface area is 124 Å². The van der Waals surface area contributed by atoms with Crippen LogP contribution in [-0.2, 0) is 18.1 Å². The average molecular weight is 302 g/mol. The summed E-state index contributed by atoms with van der Waals surface area (Å²) < 4.78 is 16.5. The van der Waals surface area contributed by atoms with Gasteiger partial charge in [0.2, 0.25) is 0 Å². The molecule has 0 saturated carbocycles. The van der Waals surface area contributed by atoms with Crippen LogP contribution in [0, 0.1) is 0 Å². The fourth-order valence-corrected chi connectivity index (χ4v) is 4.02. The van der Waals surface area contributed by atoms with E-state index in [-0.39, 0.29) is 12.4 Å². The van der Waals surface area contributed by atoms with Gasteiger partial charge >= 0.3 is 8.80 Å². The Hall–Kier alpha value is -0.493. The van der Waals surface area contributed by atoms with Gasteiger partial charge in [-0.15, -0.1) is 0 Å². The van der Waals surface area contributed by atoms with Crippen LogP contribution < -0.4 is 0 Å². The molecule has 20 heavy (non-hydrogen) atoms. The molecule has 0 fully saturated rings. The van der Waals surface area contributed by atoms with E-state index in [0.29, 0.717) is 0 Å². The zero-order chi connectivity index (χ0) is 15.3. The van der Waals surface area contributed by atoms with E-state index >= 15 is 0 Å². The van der Waals surface area contributed by atoms with E-state index in [4.69, 9.17) is 13.3 Å². The van der Waals surface area contributed by atoms with Gasteiger partial charge in [-0.25, -0.2) is 0 Å². The molecule has 0 radical (unpaired) electrons. The van der Waals surface area contributed by atoms with Crippen LogP contribution in [0.2, 0.25) is 6.04 Å². The van der Waals surface area contributed by atoms with Crippen LogP contribution in [0.25, 0.3) is 0 Å². The molecule has 5 heteroatoms. The summed E-state index contributed by atoms with van der Waals surface area (Å²) in [4.78, 5) is 11.2. The quantitative estimate of drug-likeness (QED) is 0.278. The fraction of sp³-hybridized carbons (Fsp3) is 0.800. The minimum Gasteiger partial charge on any atom is -0.377 e. The van der Waals surface area contributed by atoms with Gasteiger partial charge < -0.3 is 13.3 Å². The molecule has 0 heterocycles. The molecule has 0 aromatic heterocycles. The summed E-state index contributed by atoms with van der Waals surface area (Å²) in [6, 6.07) is 0.762. The molecule has 118 valence electrons. The molecule has 0 rings (SSSR count). The second kappa shape index (κ2) is 12.3. The predicted molar refractivity (Wildman–Crippen MR) is 83.7 cm³/mol. The summed E-state index contributed by atoms with van der Waals surface area (Å²) in [5, 5.41) is 0. The van der Waals surface area contributed by atoms with Crippen LogP contribution in [0.5, 0.6) is 0 Å². The molecule has 0 aromatic carbocycles. The van der Waals surface area contributed by atoms with Gasteiger partial charge in [0.1, 0.15) is 6.61 Å². The van der Waals surface area contributed by atoms with Gasteiger partial charge in [-0.05, 0) is 12.5 Å². The number of ketones is 1. The third-order valence-electron chi connectivity index (χ3n) is 3.37. The zero-order valence-corrected chi connectivity index (χ0v) is 14.3. The first-order valence-corrected chi connectivity index (χ1v) is 9.46. The van der Waals surface area contributed by atoms with E-state index < -0.39 is 8.80 Å². The molecule has 0 amide bonds. The van der Waals surface area contributed by atoms with Crippen LogP contribution in [-0.4, -0.2) is 35.4 Å². The molecule has 0 saturated heterocycles. The monoisotopic (exact) mass is 302 g/mol. The molecule has 0 aliphatic rings. The van der Waals surface area contributed by atoms with E-state index in [1.54, 1.807) is 14.2 Å². The summed E-state index contributed by atoms with van der Waals surface area (Å²) in [6.07, 6.45) is 9.88. The lowest BCUT2D eigenvalue weighted by Crippen LogP contribution is -2.44. The second-order valence-electron chi connectivity index (χ2n) is 4.92. The third kappa shape index (κ3) is 8.63. The first kappa shape index (κ1) is 19.5. The van der Waals surface area contributed by atoms with E-state index in [1.807, 2.05) is 0 Å². The van der Waals surface area contributed by atoms with E-state index in [2.05, 4.69) is 13.5 Å². The minimum absolute atomic E-state index is 0.00605. The summed E-state index contributed by atoms with van der Waals surface area (Å²) in [5.74, 6) is -0.143. The molecule has 0 aliphatic carbocycles. The van der Waals surface area contributed by atoms with Crippen molar-refractivity contribution in [1.29, 1.82) is 0 Å². The SMILES string of the molecule is C=CC(=O)CO[Si](CCCCCCCCC)(OC)OC. The molecule has 0 N–H and O–H groups in total. The largest absolute Gasteiger partial charge is 0.500 e. The molecule has 0 atom stereocenters. The van der Waals surface area contributed by atoms with E-state index in [9.17, 15) is 4.79 Å². The van der Waals surface area contributed by atoms with Crippen molar-refractivity contribution in [3.05, 3.63) is 12.7 Å². The Balaban J connectivity index is 3.94. The van der Waals surface area contributed by atoms with Crippen molar-refractivity contribution < 1.29 is 18.1 Å². The van der Waals surface area contributed by atoms with Gasteiger partial charge in [-0.3, -0.25) is 4.79 Å². The maximum absolute atomic E-state index is 11.2. The van der Waals surface area contributed by atoms with Crippen molar-refractivity contribution in [2.45, 2.75) is 57.9 Å². The molecule has 4 nitrogen and oxygen atoms in total. The average Bonchev–Trinajstić information content (AvgIpc) is 2.49. The van der Waals surface area contributed by atoms with Gasteiger partial charge in [0.15, 0.2) is 5.78 Å². The van der Waals surface area contributed by atoms with Crippen LogP contribution in [0.15, 0.2) is 12.7 Å². The van der Waals surface area contributed by atoms with Crippen molar-refractivity contribution in [1.82, 2.24) is 0 Å². The number of hydrogen-bond donors (Lipinski definition) is 0. The Morgan fingerprint density at radius 2 is 1.60 bits per heavy atom. The first-order valence-electron chi connectivity index (χ1n) is 7.53. The van der Waals surface area contributed by atoms with Crippen molar-refractivity contribution in [2.24, 2.45) is 0 Å². The highest BCUT2D eigenvalue weighted by Gasteiger charge is 2.38. The van der Waals surface area contributed by atoms with Crippen LogP contribution in [0.3, 0.4) is 0 Å². The van der Waals surface area contributed by atoms with Gasteiger partial charge in [0.25, 0.3) is 0 Å². The Morgan fingerprint density at radius 1 is 1.05 bits per heavy atom. The Morgan fingerprint density at radius 3 is 2.10 bits per heavy atom. The maximum Gasteiger partial charge on any atom is 0.500 e. The molecular weight excluding hydrogens is 272 g/mol. The first-order chi connectivity index (χ1) is 9.64. The molecule has 0 aromatic rings. The van der Waals surface area contributed by atoms with Crippen LogP contribution in [0.1, 0.15) is 51.9 Å². The summed E-state index contributed by atoms with van der Waals surface area (Å²) >= 11 is 0. The summed E-state index contributed by atoms with van der Waals surface area (Å²) in [7, 11) is 0.519. The summed E-state index contributed by atoms with van der Waals surface area (Å²) in [5.41, 5.74) is 0. The number of carbonyl (C=O) groups is 1. The molecule has 0 unspecified atom stereocenters. The van der Waals surface area contributed by atoms with E-state index in [0.717, 1.165) is 18.9 Å². The second-order valence-corrected chi connectivity index (χ2v) is 7.89. The standard InChI is InChI=1S/C15H30O4Si/c1-5-7-8-9-10-11-12-13-20(17-3,18-4)19-14-15(16)6-2/h6H,2,5,7-14H2,1,3-4H3. The number of hydrogen-bond acceptors (Lipinski definition) is 4. The number of unbranched alkanes of at least 4 members (excludes halogenated alkanes) is 6. The molecule has 0 spiro atoms. The highest BCUT2D eigenvalue weighted by atomic mass is 28.4. The molecule has 0 bridgehead atoms. The van der Waals surface area contributed by atoms with Crippen molar-refractivity contribution >= 4 is 14.6 Å². The van der Waals surface area contributed by atoms with Gasteiger partial charge in [0.05, 0.1) is 0 Å². The van der Waals surface area contributed by atoms with Crippen LogP contribution >= 0.6 is 0 Å². The normalized spacial score (nSPS) is 11.6. The smallest absolute Gasteiger partial charge is 0.377 e. The minimum atomic E-state index is -2.67. The van der Waals surface area contributed by atoms with Gasteiger partial charge in [0, 0.05) is 20.3 Å². The highest BCUT2D eigenvalue weighted by Crippen LogP contribution is 2.19. The molecular formula is C15H30O4Si. The fourth-order valence-electron chi connectivity index (χ4n) is 2.02. The van der Waals surface area contributed by atoms with Crippen molar-refractivity contribution in [3.8, 4) is 0 Å². The Kier molecular flexibility index (Phi) is 12.0. The third-order valence-corrected chi connectivity index (χ3v) is 6.16. The van der Waals surface area contributed by atoms with E-state index in [1.165, 1.54) is 38.2 Å². The van der Waals surface area contributed by atoms with Gasteiger partial charge in [-0.1, -0.05) is 52.0 Å². The predicted octanol–water partition coefficient (Wildman–Crippen LogP) is 3.74. The van der Waals surface area contributed by atoms with Crippen molar-refractivity contribution in [2.75, 3.05) is 20.8 Å². The molecule has 0 aliphatic heterocycles. The topological polar surface area (TPSA) is 44.8 Å². The Bertz CT molecular complexity index is 265. The summed E-state index contributed by atoms with van der Waals surface area (Å²) in [6.45, 7) is 5.64. The highest BCUT2D eigenvalue weighted by molar-refractivity contribution is 6.60. The maximum atomic E-state index is 11.2. The number of carbonyl (C=O) groups excluding carboxylic acids is 1.